The third kappa shape index (κ3) is 2.51. The lowest BCUT2D eigenvalue weighted by molar-refractivity contribution is 0.642. The van der Waals surface area contributed by atoms with Gasteiger partial charge in [0.05, 0.1) is 14.4 Å². The summed E-state index contributed by atoms with van der Waals surface area (Å²) >= 11 is 4.05. The van der Waals surface area contributed by atoms with Gasteiger partial charge in [-0.3, -0.25) is 10.8 Å². The number of hydrogen-bond donors (Lipinski definition) is 2. The Labute approximate surface area is 129 Å². The maximum absolute atomic E-state index is 5.77. The minimum absolute atomic E-state index is 0.00679. The van der Waals surface area contributed by atoms with Crippen molar-refractivity contribution < 1.29 is 0 Å². The van der Waals surface area contributed by atoms with Crippen molar-refractivity contribution in [2.75, 3.05) is 0 Å². The SMILES string of the molecule is NNC(c1csc(I)c1)c1cccc2ncccc12. The molecule has 0 spiro atoms. The van der Waals surface area contributed by atoms with Crippen LogP contribution in [-0.4, -0.2) is 4.98 Å². The smallest absolute Gasteiger partial charge is 0.0725 e. The third-order valence-electron chi connectivity index (χ3n) is 3.08. The van der Waals surface area contributed by atoms with Gasteiger partial charge in [0.15, 0.2) is 0 Å². The van der Waals surface area contributed by atoms with Crippen molar-refractivity contribution in [1.29, 1.82) is 0 Å². The molecule has 0 saturated carbocycles. The lowest BCUT2D eigenvalue weighted by atomic mass is 9.97. The van der Waals surface area contributed by atoms with Gasteiger partial charge in [0, 0.05) is 11.6 Å². The highest BCUT2D eigenvalue weighted by molar-refractivity contribution is 14.1. The predicted molar refractivity (Wildman–Crippen MR) is 87.9 cm³/mol. The highest BCUT2D eigenvalue weighted by Crippen LogP contribution is 2.30. The summed E-state index contributed by atoms with van der Waals surface area (Å²) in [6, 6.07) is 12.3. The summed E-state index contributed by atoms with van der Waals surface area (Å²) < 4.78 is 1.26. The van der Waals surface area contributed by atoms with Crippen LogP contribution in [-0.2, 0) is 0 Å². The van der Waals surface area contributed by atoms with E-state index in [0.717, 1.165) is 16.5 Å². The molecule has 2 aromatic heterocycles. The van der Waals surface area contributed by atoms with E-state index in [9.17, 15) is 0 Å². The molecule has 1 atom stereocenters. The summed E-state index contributed by atoms with van der Waals surface area (Å²) in [5.41, 5.74) is 6.25. The molecule has 0 amide bonds. The minimum atomic E-state index is -0.00679. The molecule has 0 aliphatic carbocycles. The van der Waals surface area contributed by atoms with Crippen molar-refractivity contribution in [2.45, 2.75) is 6.04 Å². The molecule has 0 fully saturated rings. The molecule has 3 nitrogen and oxygen atoms in total. The number of nitrogens with one attached hydrogen (secondary N) is 1. The van der Waals surface area contributed by atoms with Gasteiger partial charge >= 0.3 is 0 Å². The van der Waals surface area contributed by atoms with Crippen molar-refractivity contribution >= 4 is 44.8 Å². The first-order valence-electron chi connectivity index (χ1n) is 5.83. The molecular formula is C14H12IN3S. The second-order valence-electron chi connectivity index (χ2n) is 4.20. The molecule has 0 aliphatic rings. The Morgan fingerprint density at radius 2 is 2.16 bits per heavy atom. The van der Waals surface area contributed by atoms with Crippen LogP contribution in [0.25, 0.3) is 10.9 Å². The molecule has 0 radical (unpaired) electrons. The maximum Gasteiger partial charge on any atom is 0.0725 e. The zero-order valence-electron chi connectivity index (χ0n) is 10.0. The molecule has 96 valence electrons. The second-order valence-corrected chi connectivity index (χ2v) is 7.01. The van der Waals surface area contributed by atoms with E-state index in [4.69, 9.17) is 5.84 Å². The average Bonchev–Trinajstić information content (AvgIpc) is 2.86. The highest BCUT2D eigenvalue weighted by atomic mass is 127. The van der Waals surface area contributed by atoms with E-state index in [0.29, 0.717) is 0 Å². The monoisotopic (exact) mass is 381 g/mol. The molecule has 0 bridgehead atoms. The summed E-state index contributed by atoms with van der Waals surface area (Å²) in [5.74, 6) is 5.77. The van der Waals surface area contributed by atoms with Gasteiger partial charge in [-0.15, -0.1) is 11.3 Å². The molecule has 3 rings (SSSR count). The number of fused-ring (bicyclic) bond motifs is 1. The Morgan fingerprint density at radius 1 is 1.26 bits per heavy atom. The fraction of sp³-hybridized carbons (Fsp3) is 0.0714. The van der Waals surface area contributed by atoms with Crippen LogP contribution >= 0.6 is 33.9 Å². The topological polar surface area (TPSA) is 50.9 Å². The number of aromatic nitrogens is 1. The molecule has 1 unspecified atom stereocenters. The number of nitrogens with zero attached hydrogens (tertiary/aromatic N) is 1. The van der Waals surface area contributed by atoms with Crippen LogP contribution in [0.15, 0.2) is 48.0 Å². The van der Waals surface area contributed by atoms with Gasteiger partial charge in [0.25, 0.3) is 0 Å². The third-order valence-corrected chi connectivity index (χ3v) is 4.89. The van der Waals surface area contributed by atoms with Gasteiger partial charge in [0.1, 0.15) is 0 Å². The number of halogens is 1. The zero-order valence-corrected chi connectivity index (χ0v) is 13.0. The molecule has 1 aromatic carbocycles. The number of rotatable bonds is 3. The van der Waals surface area contributed by atoms with Gasteiger partial charge in [0.2, 0.25) is 0 Å². The quantitative estimate of drug-likeness (QED) is 0.415. The Hall–Kier alpha value is -1.02. The van der Waals surface area contributed by atoms with Gasteiger partial charge in [-0.2, -0.15) is 0 Å². The lowest BCUT2D eigenvalue weighted by Crippen LogP contribution is -2.28. The van der Waals surface area contributed by atoms with Gasteiger partial charge in [-0.05, 0) is 57.3 Å². The number of hydrazine groups is 1. The Balaban J connectivity index is 2.16. The van der Waals surface area contributed by atoms with E-state index in [1.165, 1.54) is 8.45 Å². The summed E-state index contributed by atoms with van der Waals surface area (Å²) in [6.45, 7) is 0. The molecule has 0 aliphatic heterocycles. The largest absolute Gasteiger partial charge is 0.271 e. The Bertz CT molecular complexity index is 705. The van der Waals surface area contributed by atoms with Crippen LogP contribution in [0.2, 0.25) is 0 Å². The predicted octanol–water partition coefficient (Wildman–Crippen LogP) is 3.45. The summed E-state index contributed by atoms with van der Waals surface area (Å²) in [4.78, 5) is 4.39. The number of nitrogens with two attached hydrogens (primary N) is 1. The molecule has 3 N–H and O–H groups in total. The van der Waals surface area contributed by atoms with Crippen LogP contribution in [0, 0.1) is 2.88 Å². The van der Waals surface area contributed by atoms with E-state index in [1.54, 1.807) is 11.3 Å². The number of benzene rings is 1. The fourth-order valence-corrected chi connectivity index (χ4v) is 3.62. The number of pyridine rings is 1. The Morgan fingerprint density at radius 3 is 2.89 bits per heavy atom. The maximum atomic E-state index is 5.77. The van der Waals surface area contributed by atoms with Gasteiger partial charge < -0.3 is 0 Å². The van der Waals surface area contributed by atoms with Gasteiger partial charge in [-0.25, -0.2) is 5.43 Å². The lowest BCUT2D eigenvalue weighted by Gasteiger charge is -2.17. The standard InChI is InChI=1S/C14H12IN3S/c15-13-7-9(8-19-13)14(18-16)11-3-1-5-12-10(11)4-2-6-17-12/h1-8,14,18H,16H2. The number of hydrogen-bond acceptors (Lipinski definition) is 4. The molecular weight excluding hydrogens is 369 g/mol. The highest BCUT2D eigenvalue weighted by Gasteiger charge is 2.16. The molecule has 2 heterocycles. The van der Waals surface area contributed by atoms with E-state index in [2.05, 4.69) is 56.6 Å². The van der Waals surface area contributed by atoms with Crippen molar-refractivity contribution in [3.63, 3.8) is 0 Å². The second kappa shape index (κ2) is 5.54. The van der Waals surface area contributed by atoms with E-state index in [-0.39, 0.29) is 6.04 Å². The van der Waals surface area contributed by atoms with Crippen molar-refractivity contribution in [3.05, 3.63) is 62.0 Å². The number of thiophene rings is 1. The Kier molecular flexibility index (Phi) is 3.79. The zero-order chi connectivity index (χ0) is 13.2. The fourth-order valence-electron chi connectivity index (χ4n) is 2.22. The van der Waals surface area contributed by atoms with E-state index in [1.807, 2.05) is 24.4 Å². The van der Waals surface area contributed by atoms with Crippen LogP contribution in [0.1, 0.15) is 17.2 Å². The van der Waals surface area contributed by atoms with E-state index >= 15 is 0 Å². The molecule has 19 heavy (non-hydrogen) atoms. The molecule has 3 aromatic rings. The van der Waals surface area contributed by atoms with Crippen LogP contribution in [0.3, 0.4) is 0 Å². The van der Waals surface area contributed by atoms with Gasteiger partial charge in [-0.1, -0.05) is 18.2 Å². The summed E-state index contributed by atoms with van der Waals surface area (Å²) in [6.07, 6.45) is 1.81. The first kappa shape index (κ1) is 13.0. The first-order valence-corrected chi connectivity index (χ1v) is 7.79. The van der Waals surface area contributed by atoms with Crippen LogP contribution in [0.5, 0.6) is 0 Å². The molecule has 5 heteroatoms. The summed E-state index contributed by atoms with van der Waals surface area (Å²) in [5, 5.41) is 3.27. The average molecular weight is 381 g/mol. The van der Waals surface area contributed by atoms with E-state index < -0.39 is 0 Å². The normalized spacial score (nSPS) is 12.7. The van der Waals surface area contributed by atoms with Crippen molar-refractivity contribution in [1.82, 2.24) is 10.4 Å². The minimum Gasteiger partial charge on any atom is -0.271 e. The molecule has 0 saturated heterocycles. The van der Waals surface area contributed by atoms with Crippen LogP contribution < -0.4 is 11.3 Å². The first-order chi connectivity index (χ1) is 9.29. The van der Waals surface area contributed by atoms with Crippen molar-refractivity contribution in [2.24, 2.45) is 5.84 Å². The van der Waals surface area contributed by atoms with Crippen molar-refractivity contribution in [3.8, 4) is 0 Å². The van der Waals surface area contributed by atoms with Crippen LogP contribution in [0.4, 0.5) is 0 Å². The summed E-state index contributed by atoms with van der Waals surface area (Å²) in [7, 11) is 0.